The van der Waals surface area contributed by atoms with Crippen molar-refractivity contribution in [2.45, 2.75) is 0 Å². The first-order chi connectivity index (χ1) is 25.8. The first kappa shape index (κ1) is 28.7. The first-order valence-electron chi connectivity index (χ1n) is 17.5. The Morgan fingerprint density at radius 3 is 1.87 bits per heavy atom. The van der Waals surface area contributed by atoms with Gasteiger partial charge in [0.2, 0.25) is 5.95 Å². The molecule has 0 atom stereocenters. The summed E-state index contributed by atoms with van der Waals surface area (Å²) < 4.78 is 2.33. The maximum absolute atomic E-state index is 5.43. The summed E-state index contributed by atoms with van der Waals surface area (Å²) in [6.07, 6.45) is 0. The van der Waals surface area contributed by atoms with E-state index in [1.165, 1.54) is 21.7 Å². The molecule has 0 radical (unpaired) electrons. The molecular formula is C47H29N5. The summed E-state index contributed by atoms with van der Waals surface area (Å²) >= 11 is 0. The Bertz CT molecular complexity index is 3020. The van der Waals surface area contributed by atoms with Crippen molar-refractivity contribution >= 4 is 60.7 Å². The molecule has 242 valence electrons. The molecule has 0 N–H and O–H groups in total. The van der Waals surface area contributed by atoms with Gasteiger partial charge in [0.05, 0.1) is 22.4 Å². The standard InChI is InChI=1S/C47H29N5/c1-3-14-31(15-4-1)45-48-46(37-24-13-27-41-44(37)36-22-9-10-25-39(36)51(41)34-20-5-2-6-21-34)50-47(49-45)52-40-26-12-19-30-18-11-23-35(43(30)40)38-28-32-16-7-8-17-33(32)29-42(38)52/h1-29H. The highest BCUT2D eigenvalue weighted by molar-refractivity contribution is 6.17. The van der Waals surface area contributed by atoms with Crippen LogP contribution in [-0.4, -0.2) is 19.5 Å². The molecule has 8 aromatic carbocycles. The Labute approximate surface area is 299 Å². The fourth-order valence-corrected chi connectivity index (χ4v) is 8.07. The predicted octanol–water partition coefficient (Wildman–Crippen LogP) is 12.1. The fraction of sp³-hybridized carbons (Fsp3) is 0. The molecule has 0 bridgehead atoms. The minimum absolute atomic E-state index is 0.575. The Kier molecular flexibility index (Phi) is 6.18. The van der Waals surface area contributed by atoms with Gasteiger partial charge in [0.25, 0.3) is 0 Å². The Morgan fingerprint density at radius 1 is 0.385 bits per heavy atom. The van der Waals surface area contributed by atoms with E-state index in [-0.39, 0.29) is 0 Å². The monoisotopic (exact) mass is 663 g/mol. The van der Waals surface area contributed by atoms with Gasteiger partial charge < -0.3 is 4.57 Å². The average molecular weight is 664 g/mol. The molecule has 52 heavy (non-hydrogen) atoms. The average Bonchev–Trinajstić information content (AvgIpc) is 3.56. The number of hydrogen-bond acceptors (Lipinski definition) is 4. The van der Waals surface area contributed by atoms with Crippen molar-refractivity contribution in [1.82, 2.24) is 19.5 Å². The quantitative estimate of drug-likeness (QED) is 0.188. The Hall–Kier alpha value is -7.11. The van der Waals surface area contributed by atoms with E-state index >= 15 is 0 Å². The second kappa shape index (κ2) is 11.2. The summed E-state index contributed by atoms with van der Waals surface area (Å²) in [5.74, 6) is 1.82. The lowest BCUT2D eigenvalue weighted by Crippen LogP contribution is -2.19. The second-order valence-corrected chi connectivity index (χ2v) is 13.3. The molecule has 1 aliphatic rings. The van der Waals surface area contributed by atoms with Crippen LogP contribution < -0.4 is 4.90 Å². The van der Waals surface area contributed by atoms with Crippen molar-refractivity contribution in [2.75, 3.05) is 4.90 Å². The van der Waals surface area contributed by atoms with Crippen LogP contribution in [0.1, 0.15) is 0 Å². The van der Waals surface area contributed by atoms with Crippen LogP contribution in [-0.2, 0) is 0 Å². The SMILES string of the molecule is c1ccc(-c2nc(-c3cccc4c3c3ccccc3n4-c3ccccc3)nc(N3c4cc5ccccc5cc4-c4cccc5cccc3c45)n2)cc1. The number of fused-ring (bicyclic) bond motifs is 6. The van der Waals surface area contributed by atoms with Gasteiger partial charge >= 0.3 is 0 Å². The van der Waals surface area contributed by atoms with Crippen LogP contribution in [0.3, 0.4) is 0 Å². The van der Waals surface area contributed by atoms with E-state index in [2.05, 4.69) is 167 Å². The lowest BCUT2D eigenvalue weighted by Gasteiger charge is -2.32. The molecule has 5 nitrogen and oxygen atoms in total. The minimum Gasteiger partial charge on any atom is -0.309 e. The van der Waals surface area contributed by atoms with E-state index in [1.54, 1.807) is 0 Å². The number of para-hydroxylation sites is 2. The highest BCUT2D eigenvalue weighted by Gasteiger charge is 2.29. The number of nitrogens with zero attached hydrogens (tertiary/aromatic N) is 5. The van der Waals surface area contributed by atoms with Gasteiger partial charge in [-0.05, 0) is 64.2 Å². The minimum atomic E-state index is 0.575. The molecule has 0 spiro atoms. The molecule has 3 heterocycles. The van der Waals surface area contributed by atoms with Crippen molar-refractivity contribution < 1.29 is 0 Å². The third kappa shape index (κ3) is 4.26. The van der Waals surface area contributed by atoms with Crippen LogP contribution >= 0.6 is 0 Å². The summed E-state index contributed by atoms with van der Waals surface area (Å²) in [5, 5.41) is 6.97. The third-order valence-electron chi connectivity index (χ3n) is 10.3. The van der Waals surface area contributed by atoms with Gasteiger partial charge in [-0.1, -0.05) is 133 Å². The largest absolute Gasteiger partial charge is 0.309 e. The zero-order chi connectivity index (χ0) is 34.2. The number of rotatable bonds is 4. The summed E-state index contributed by atoms with van der Waals surface area (Å²) in [4.78, 5) is 18.2. The summed E-state index contributed by atoms with van der Waals surface area (Å²) in [6.45, 7) is 0. The van der Waals surface area contributed by atoms with Gasteiger partial charge in [0.1, 0.15) is 0 Å². The van der Waals surface area contributed by atoms with Gasteiger partial charge in [-0.3, -0.25) is 4.90 Å². The van der Waals surface area contributed by atoms with Crippen LogP contribution in [0, 0.1) is 0 Å². The molecule has 0 saturated carbocycles. The molecule has 0 aliphatic carbocycles. The summed E-state index contributed by atoms with van der Waals surface area (Å²) in [7, 11) is 0. The third-order valence-corrected chi connectivity index (χ3v) is 10.3. The summed E-state index contributed by atoms with van der Waals surface area (Å²) in [5.41, 5.74) is 9.68. The van der Waals surface area contributed by atoms with Gasteiger partial charge in [0, 0.05) is 38.5 Å². The van der Waals surface area contributed by atoms with Crippen LogP contribution in [0.2, 0.25) is 0 Å². The first-order valence-corrected chi connectivity index (χ1v) is 17.5. The van der Waals surface area contributed by atoms with Crippen molar-refractivity contribution in [1.29, 1.82) is 0 Å². The summed E-state index contributed by atoms with van der Waals surface area (Å²) in [6, 6.07) is 62.0. The van der Waals surface area contributed by atoms with E-state index in [9.17, 15) is 0 Å². The molecular weight excluding hydrogens is 635 g/mol. The number of benzene rings is 8. The topological polar surface area (TPSA) is 46.8 Å². The Balaban J connectivity index is 1.23. The molecule has 5 heteroatoms. The molecule has 11 rings (SSSR count). The zero-order valence-electron chi connectivity index (χ0n) is 28.0. The van der Waals surface area contributed by atoms with Crippen LogP contribution in [0.4, 0.5) is 17.3 Å². The highest BCUT2D eigenvalue weighted by Crippen LogP contribution is 2.51. The zero-order valence-corrected chi connectivity index (χ0v) is 28.0. The number of aromatic nitrogens is 4. The van der Waals surface area contributed by atoms with E-state index in [0.717, 1.165) is 60.9 Å². The van der Waals surface area contributed by atoms with Gasteiger partial charge in [-0.2, -0.15) is 9.97 Å². The van der Waals surface area contributed by atoms with Crippen molar-refractivity contribution in [3.05, 3.63) is 176 Å². The van der Waals surface area contributed by atoms with Crippen molar-refractivity contribution in [3.63, 3.8) is 0 Å². The van der Waals surface area contributed by atoms with Gasteiger partial charge in [-0.15, -0.1) is 0 Å². The maximum atomic E-state index is 5.43. The van der Waals surface area contributed by atoms with Crippen molar-refractivity contribution in [2.24, 2.45) is 0 Å². The van der Waals surface area contributed by atoms with Crippen LogP contribution in [0.25, 0.3) is 82.9 Å². The smallest absolute Gasteiger partial charge is 0.238 e. The molecule has 0 amide bonds. The van der Waals surface area contributed by atoms with E-state index < -0.39 is 0 Å². The molecule has 10 aromatic rings. The second-order valence-electron chi connectivity index (χ2n) is 13.3. The van der Waals surface area contributed by atoms with Gasteiger partial charge in [0.15, 0.2) is 11.6 Å². The number of anilines is 3. The Morgan fingerprint density at radius 2 is 1.02 bits per heavy atom. The van der Waals surface area contributed by atoms with E-state index in [0.29, 0.717) is 17.6 Å². The molecule has 0 fully saturated rings. The van der Waals surface area contributed by atoms with Gasteiger partial charge in [-0.25, -0.2) is 4.98 Å². The lowest BCUT2D eigenvalue weighted by atomic mass is 9.90. The molecule has 2 aromatic heterocycles. The van der Waals surface area contributed by atoms with E-state index in [4.69, 9.17) is 15.0 Å². The lowest BCUT2D eigenvalue weighted by molar-refractivity contribution is 1.03. The maximum Gasteiger partial charge on any atom is 0.238 e. The van der Waals surface area contributed by atoms with Crippen molar-refractivity contribution in [3.8, 4) is 39.6 Å². The molecule has 0 saturated heterocycles. The van der Waals surface area contributed by atoms with Crippen LogP contribution in [0.5, 0.6) is 0 Å². The fourth-order valence-electron chi connectivity index (χ4n) is 8.07. The molecule has 1 aliphatic heterocycles. The van der Waals surface area contributed by atoms with Crippen LogP contribution in [0.15, 0.2) is 176 Å². The number of hydrogen-bond donors (Lipinski definition) is 0. The van der Waals surface area contributed by atoms with E-state index in [1.807, 2.05) is 18.2 Å². The molecule has 0 unspecified atom stereocenters. The highest BCUT2D eigenvalue weighted by atomic mass is 15.3. The predicted molar refractivity (Wildman–Crippen MR) is 214 cm³/mol. The normalized spacial score (nSPS) is 12.2.